The summed E-state index contributed by atoms with van der Waals surface area (Å²) in [6.45, 7) is 1.79. The highest BCUT2D eigenvalue weighted by molar-refractivity contribution is 6.10. The molecule has 2 aliphatic heterocycles. The maximum Gasteiger partial charge on any atom is 0.168 e. The summed E-state index contributed by atoms with van der Waals surface area (Å²) in [5.41, 5.74) is 2.31. The first kappa shape index (κ1) is 15.4. The molecule has 1 aromatic heterocycles. The molecule has 2 aliphatic rings. The van der Waals surface area contributed by atoms with Crippen molar-refractivity contribution < 1.29 is 8.78 Å². The zero-order valence-electron chi connectivity index (χ0n) is 14.1. The number of benzene rings is 2. The third kappa shape index (κ3) is 2.30. The van der Waals surface area contributed by atoms with Gasteiger partial charge in [-0.05, 0) is 37.1 Å². The summed E-state index contributed by atoms with van der Waals surface area (Å²) in [4.78, 5) is 11.7. The quantitative estimate of drug-likeness (QED) is 0.686. The molecule has 0 spiro atoms. The Hall–Kier alpha value is -2.82. The smallest absolute Gasteiger partial charge is 0.168 e. The number of fused-ring (bicyclic) bond motifs is 2. The van der Waals surface area contributed by atoms with Crippen LogP contribution in [0.15, 0.2) is 53.5 Å². The molecule has 0 saturated carbocycles. The zero-order valence-corrected chi connectivity index (χ0v) is 14.1. The minimum Gasteiger partial charge on any atom is -0.352 e. The van der Waals surface area contributed by atoms with E-state index < -0.39 is 11.6 Å². The lowest BCUT2D eigenvalue weighted by molar-refractivity contribution is 0.431. The van der Waals surface area contributed by atoms with Gasteiger partial charge in [0.05, 0.1) is 23.8 Å². The van der Waals surface area contributed by atoms with Crippen LogP contribution in [0.25, 0.3) is 22.2 Å². The second-order valence-electron chi connectivity index (χ2n) is 6.83. The third-order valence-corrected chi connectivity index (χ3v) is 5.29. The van der Waals surface area contributed by atoms with Gasteiger partial charge in [-0.2, -0.15) is 0 Å². The van der Waals surface area contributed by atoms with Crippen LogP contribution in [0.2, 0.25) is 0 Å². The molecule has 3 aromatic rings. The third-order valence-electron chi connectivity index (χ3n) is 5.29. The van der Waals surface area contributed by atoms with Crippen LogP contribution in [0.1, 0.15) is 18.4 Å². The van der Waals surface area contributed by atoms with Gasteiger partial charge in [0.25, 0.3) is 0 Å². The lowest BCUT2D eigenvalue weighted by atomic mass is 10.0. The van der Waals surface area contributed by atoms with Crippen LogP contribution in [0, 0.1) is 11.6 Å². The van der Waals surface area contributed by atoms with Crippen LogP contribution >= 0.6 is 0 Å². The lowest BCUT2D eigenvalue weighted by Gasteiger charge is -2.21. The van der Waals surface area contributed by atoms with E-state index in [4.69, 9.17) is 4.99 Å². The summed E-state index contributed by atoms with van der Waals surface area (Å²) < 4.78 is 28.1. The summed E-state index contributed by atoms with van der Waals surface area (Å²) in [7, 11) is 0. The lowest BCUT2D eigenvalue weighted by Crippen LogP contribution is -2.31. The fourth-order valence-electron chi connectivity index (χ4n) is 4.03. The van der Waals surface area contributed by atoms with E-state index in [1.165, 1.54) is 6.07 Å². The number of pyridine rings is 1. The van der Waals surface area contributed by atoms with Crippen LogP contribution in [-0.2, 0) is 0 Å². The van der Waals surface area contributed by atoms with Gasteiger partial charge < -0.3 is 4.90 Å². The number of hydrogen-bond acceptors (Lipinski definition) is 3. The second-order valence-corrected chi connectivity index (χ2v) is 6.83. The number of nitrogens with zero attached hydrogens (tertiary/aromatic N) is 3. The van der Waals surface area contributed by atoms with Crippen molar-refractivity contribution in [2.75, 3.05) is 13.1 Å². The molecule has 130 valence electrons. The molecule has 1 atom stereocenters. The fourth-order valence-corrected chi connectivity index (χ4v) is 4.03. The Labute approximate surface area is 150 Å². The van der Waals surface area contributed by atoms with E-state index in [-0.39, 0.29) is 5.56 Å². The molecule has 5 rings (SSSR count). The van der Waals surface area contributed by atoms with Crippen molar-refractivity contribution in [3.8, 4) is 11.3 Å². The number of aliphatic imine (C=N–C) groups is 1. The van der Waals surface area contributed by atoms with Crippen molar-refractivity contribution in [2.45, 2.75) is 18.9 Å². The molecular formula is C21H17F2N3. The summed E-state index contributed by atoms with van der Waals surface area (Å²) in [5.74, 6) is -0.783. The molecule has 1 saturated heterocycles. The van der Waals surface area contributed by atoms with Gasteiger partial charge in [-0.15, -0.1) is 0 Å². The van der Waals surface area contributed by atoms with E-state index >= 15 is 0 Å². The molecule has 2 aromatic carbocycles. The van der Waals surface area contributed by atoms with E-state index in [9.17, 15) is 8.78 Å². The van der Waals surface area contributed by atoms with Gasteiger partial charge >= 0.3 is 0 Å². The standard InChI is InChI=1S/C21H17F2N3/c22-17-8-3-7-15(20(17)23)19-11-16(14-6-1-2-9-18(14)25-19)21-24-12-13-5-4-10-26(13)21/h1-3,6-9,11,13H,4-5,10,12H2. The Morgan fingerprint density at radius 3 is 2.81 bits per heavy atom. The Bertz CT molecular complexity index is 1040. The number of aromatic nitrogens is 1. The van der Waals surface area contributed by atoms with Crippen molar-refractivity contribution >= 4 is 16.7 Å². The monoisotopic (exact) mass is 349 g/mol. The zero-order chi connectivity index (χ0) is 17.7. The largest absolute Gasteiger partial charge is 0.352 e. The number of para-hydroxylation sites is 1. The first-order chi connectivity index (χ1) is 12.7. The number of hydrogen-bond donors (Lipinski definition) is 0. The Morgan fingerprint density at radius 1 is 1.00 bits per heavy atom. The summed E-state index contributed by atoms with van der Waals surface area (Å²) in [6, 6.07) is 14.3. The average molecular weight is 349 g/mol. The molecule has 0 amide bonds. The van der Waals surface area contributed by atoms with Gasteiger partial charge in [0.2, 0.25) is 0 Å². The Morgan fingerprint density at radius 2 is 1.88 bits per heavy atom. The molecule has 1 unspecified atom stereocenters. The van der Waals surface area contributed by atoms with Crippen molar-refractivity contribution in [1.29, 1.82) is 0 Å². The highest BCUT2D eigenvalue weighted by atomic mass is 19.2. The molecule has 3 nitrogen and oxygen atoms in total. The SMILES string of the molecule is Fc1cccc(-c2cc(C3=NCC4CCCN34)c3ccccc3n2)c1F. The predicted molar refractivity (Wildman–Crippen MR) is 98.2 cm³/mol. The topological polar surface area (TPSA) is 28.5 Å². The minimum absolute atomic E-state index is 0.175. The van der Waals surface area contributed by atoms with E-state index in [0.717, 1.165) is 54.3 Å². The van der Waals surface area contributed by atoms with Crippen molar-refractivity contribution in [3.63, 3.8) is 0 Å². The highest BCUT2D eigenvalue weighted by Gasteiger charge is 2.33. The van der Waals surface area contributed by atoms with Crippen molar-refractivity contribution in [1.82, 2.24) is 9.88 Å². The summed E-state index contributed by atoms with van der Waals surface area (Å²) in [6.07, 6.45) is 2.32. The van der Waals surface area contributed by atoms with Crippen LogP contribution in [0.3, 0.4) is 0 Å². The molecule has 0 bridgehead atoms. The van der Waals surface area contributed by atoms with Gasteiger partial charge in [-0.3, -0.25) is 4.99 Å². The summed E-state index contributed by atoms with van der Waals surface area (Å²) in [5, 5.41) is 0.986. The molecular weight excluding hydrogens is 332 g/mol. The first-order valence-corrected chi connectivity index (χ1v) is 8.88. The maximum absolute atomic E-state index is 14.4. The van der Waals surface area contributed by atoms with Gasteiger partial charge in [-0.25, -0.2) is 13.8 Å². The molecule has 5 heteroatoms. The molecule has 0 aliphatic carbocycles. The molecule has 26 heavy (non-hydrogen) atoms. The Kier molecular flexibility index (Phi) is 3.48. The Balaban J connectivity index is 1.74. The van der Waals surface area contributed by atoms with Gasteiger partial charge in [0, 0.05) is 23.1 Å². The average Bonchev–Trinajstić information content (AvgIpc) is 3.27. The second kappa shape index (κ2) is 5.87. The fraction of sp³-hybridized carbons (Fsp3) is 0.238. The molecule has 0 radical (unpaired) electrons. The normalized spacial score (nSPS) is 19.1. The van der Waals surface area contributed by atoms with Crippen LogP contribution in [-0.4, -0.2) is 34.9 Å². The predicted octanol–water partition coefficient (Wildman–Crippen LogP) is 4.40. The van der Waals surface area contributed by atoms with E-state index in [2.05, 4.69) is 9.88 Å². The van der Waals surface area contributed by atoms with Crippen molar-refractivity contribution in [3.05, 3.63) is 65.7 Å². The number of amidine groups is 1. The molecule has 3 heterocycles. The first-order valence-electron chi connectivity index (χ1n) is 8.88. The van der Waals surface area contributed by atoms with Crippen LogP contribution in [0.4, 0.5) is 8.78 Å². The molecule has 1 fully saturated rings. The van der Waals surface area contributed by atoms with Gasteiger partial charge in [0.1, 0.15) is 5.84 Å². The van der Waals surface area contributed by atoms with Gasteiger partial charge in [-0.1, -0.05) is 24.3 Å². The number of halogens is 2. The van der Waals surface area contributed by atoms with Gasteiger partial charge in [0.15, 0.2) is 11.6 Å². The van der Waals surface area contributed by atoms with Crippen molar-refractivity contribution in [2.24, 2.45) is 4.99 Å². The van der Waals surface area contributed by atoms with E-state index in [1.807, 2.05) is 30.3 Å². The minimum atomic E-state index is -0.867. The summed E-state index contributed by atoms with van der Waals surface area (Å²) >= 11 is 0. The van der Waals surface area contributed by atoms with E-state index in [0.29, 0.717) is 11.7 Å². The van der Waals surface area contributed by atoms with Crippen LogP contribution in [0.5, 0.6) is 0 Å². The highest BCUT2D eigenvalue weighted by Crippen LogP contribution is 2.32. The maximum atomic E-state index is 14.4. The number of rotatable bonds is 2. The molecule has 0 N–H and O–H groups in total. The van der Waals surface area contributed by atoms with E-state index in [1.54, 1.807) is 6.07 Å². The van der Waals surface area contributed by atoms with Crippen LogP contribution < -0.4 is 0 Å².